The Morgan fingerprint density at radius 2 is 1.65 bits per heavy atom. The number of nitrogens with zero attached hydrogens (tertiary/aromatic N) is 2. The van der Waals surface area contributed by atoms with Crippen LogP contribution in [0, 0.1) is 0 Å². The van der Waals surface area contributed by atoms with Crippen molar-refractivity contribution in [3.05, 3.63) is 42.0 Å². The highest BCUT2D eigenvalue weighted by molar-refractivity contribution is 7.89. The van der Waals surface area contributed by atoms with Crippen LogP contribution in [0.1, 0.15) is 32.3 Å². The highest BCUT2D eigenvalue weighted by Crippen LogP contribution is 2.43. The molecule has 2 aliphatic heterocycles. The number of anilines is 2. The number of benzene rings is 2. The van der Waals surface area contributed by atoms with E-state index in [-0.39, 0.29) is 17.3 Å². The summed E-state index contributed by atoms with van der Waals surface area (Å²) in [5, 5.41) is 2.77. The predicted molar refractivity (Wildman–Crippen MR) is 128 cm³/mol. The van der Waals surface area contributed by atoms with Gasteiger partial charge >= 0.3 is 0 Å². The first-order valence-corrected chi connectivity index (χ1v) is 12.5. The molecule has 2 heterocycles. The second-order valence-electron chi connectivity index (χ2n) is 8.96. The fourth-order valence-corrected chi connectivity index (χ4v) is 5.98. The molecule has 0 aromatic heterocycles. The third-order valence-electron chi connectivity index (χ3n) is 6.35. The number of carbonyl (C=O) groups is 2. The van der Waals surface area contributed by atoms with E-state index >= 15 is 0 Å². The number of amides is 2. The molecule has 2 amide bonds. The van der Waals surface area contributed by atoms with Crippen molar-refractivity contribution in [1.29, 1.82) is 0 Å². The van der Waals surface area contributed by atoms with Crippen LogP contribution in [0.5, 0.6) is 11.5 Å². The number of methoxy groups -OCH3 is 2. The van der Waals surface area contributed by atoms with Gasteiger partial charge in [0.05, 0.1) is 24.5 Å². The van der Waals surface area contributed by atoms with E-state index in [4.69, 9.17) is 9.47 Å². The summed E-state index contributed by atoms with van der Waals surface area (Å²) >= 11 is 0. The lowest BCUT2D eigenvalue weighted by molar-refractivity contribution is -0.124. The van der Waals surface area contributed by atoms with E-state index in [9.17, 15) is 18.0 Å². The molecule has 1 fully saturated rings. The van der Waals surface area contributed by atoms with Crippen LogP contribution in [0.2, 0.25) is 0 Å². The number of nitrogens with one attached hydrogen (secondary N) is 1. The Morgan fingerprint density at radius 1 is 1.03 bits per heavy atom. The van der Waals surface area contributed by atoms with Gasteiger partial charge in [-0.3, -0.25) is 9.59 Å². The van der Waals surface area contributed by atoms with Gasteiger partial charge in [-0.05, 0) is 50.5 Å². The van der Waals surface area contributed by atoms with Crippen LogP contribution in [0.25, 0.3) is 0 Å². The number of hydrogen-bond acceptors (Lipinski definition) is 6. The smallest absolute Gasteiger partial charge is 0.244 e. The van der Waals surface area contributed by atoms with E-state index in [2.05, 4.69) is 5.32 Å². The van der Waals surface area contributed by atoms with Gasteiger partial charge in [-0.15, -0.1) is 0 Å². The van der Waals surface area contributed by atoms with Crippen LogP contribution in [0.15, 0.2) is 41.3 Å². The summed E-state index contributed by atoms with van der Waals surface area (Å²) in [6, 6.07) is 9.70. The number of fused-ring (bicyclic) bond motifs is 1. The fourth-order valence-electron chi connectivity index (χ4n) is 4.43. The van der Waals surface area contributed by atoms with Crippen molar-refractivity contribution in [1.82, 2.24) is 4.31 Å². The molecular formula is C24H29N3O6S. The predicted octanol–water partition coefficient (Wildman–Crippen LogP) is 2.75. The first kappa shape index (κ1) is 24.0. The van der Waals surface area contributed by atoms with Crippen molar-refractivity contribution in [3.63, 3.8) is 0 Å². The van der Waals surface area contributed by atoms with Crippen molar-refractivity contribution in [2.75, 3.05) is 44.1 Å². The zero-order valence-corrected chi connectivity index (χ0v) is 20.6. The van der Waals surface area contributed by atoms with Gasteiger partial charge < -0.3 is 19.7 Å². The van der Waals surface area contributed by atoms with Crippen LogP contribution in [-0.2, 0) is 25.0 Å². The number of sulfonamides is 1. The Kier molecular flexibility index (Phi) is 6.30. The lowest BCUT2D eigenvalue weighted by atomic mass is 9.86. The van der Waals surface area contributed by atoms with Gasteiger partial charge in [0, 0.05) is 42.7 Å². The molecule has 0 atom stereocenters. The molecule has 4 rings (SSSR count). The minimum Gasteiger partial charge on any atom is -0.497 e. The lowest BCUT2D eigenvalue weighted by Gasteiger charge is -2.20. The van der Waals surface area contributed by atoms with Crippen molar-refractivity contribution < 1.29 is 27.5 Å². The van der Waals surface area contributed by atoms with Crippen LogP contribution in [0.4, 0.5) is 11.4 Å². The van der Waals surface area contributed by atoms with Crippen LogP contribution in [-0.4, -0.2) is 58.4 Å². The molecule has 182 valence electrons. The van der Waals surface area contributed by atoms with Crippen molar-refractivity contribution >= 4 is 33.2 Å². The minimum atomic E-state index is -3.62. The second-order valence-corrected chi connectivity index (χ2v) is 10.9. The molecular weight excluding hydrogens is 458 g/mol. The molecule has 0 radical (unpaired) electrons. The molecule has 2 aromatic carbocycles. The first-order valence-electron chi connectivity index (χ1n) is 11.1. The molecule has 2 aliphatic rings. The molecule has 34 heavy (non-hydrogen) atoms. The van der Waals surface area contributed by atoms with Gasteiger partial charge in [-0.2, -0.15) is 4.31 Å². The van der Waals surface area contributed by atoms with Gasteiger partial charge in [0.25, 0.3) is 0 Å². The van der Waals surface area contributed by atoms with Crippen molar-refractivity contribution in [3.8, 4) is 11.5 Å². The Balaban J connectivity index is 1.59. The topological polar surface area (TPSA) is 105 Å². The van der Waals surface area contributed by atoms with E-state index in [1.807, 2.05) is 0 Å². The summed E-state index contributed by atoms with van der Waals surface area (Å²) in [5.74, 6) is 0.368. The zero-order chi connectivity index (χ0) is 24.7. The maximum absolute atomic E-state index is 13.2. The van der Waals surface area contributed by atoms with Gasteiger partial charge in [-0.1, -0.05) is 0 Å². The van der Waals surface area contributed by atoms with Gasteiger partial charge in [0.15, 0.2) is 0 Å². The Morgan fingerprint density at radius 3 is 2.24 bits per heavy atom. The number of rotatable bonds is 7. The Bertz CT molecular complexity index is 1210. The van der Waals surface area contributed by atoms with E-state index in [0.717, 1.165) is 12.8 Å². The van der Waals surface area contributed by atoms with E-state index in [1.54, 1.807) is 44.2 Å². The molecule has 1 saturated heterocycles. The summed E-state index contributed by atoms with van der Waals surface area (Å²) in [6.07, 6.45) is 1.69. The summed E-state index contributed by atoms with van der Waals surface area (Å²) in [6.45, 7) is 4.27. The normalized spacial score (nSPS) is 17.5. The van der Waals surface area contributed by atoms with Crippen molar-refractivity contribution in [2.24, 2.45) is 0 Å². The highest BCUT2D eigenvalue weighted by Gasteiger charge is 2.45. The van der Waals surface area contributed by atoms with Crippen LogP contribution in [0.3, 0.4) is 0 Å². The summed E-state index contributed by atoms with van der Waals surface area (Å²) in [7, 11) is -0.593. The molecule has 2 aromatic rings. The maximum Gasteiger partial charge on any atom is 0.244 e. The highest BCUT2D eigenvalue weighted by atomic mass is 32.2. The quantitative estimate of drug-likeness (QED) is 0.644. The largest absolute Gasteiger partial charge is 0.497 e. The Hall–Kier alpha value is -3.11. The number of ether oxygens (including phenoxy) is 2. The average Bonchev–Trinajstić information content (AvgIpc) is 3.42. The Labute approximate surface area is 199 Å². The van der Waals surface area contributed by atoms with E-state index < -0.39 is 21.3 Å². The standard InChI is InChI=1S/C24H29N3O6S/c1-24(2)20-14-19(34(30,31)26-9-5-6-10-26)7-8-21(20)27(23(24)29)15-22(28)25-16-11-17(32-3)13-18(12-16)33-4/h7-8,11-14H,5-6,9-10,15H2,1-4H3,(H,25,28). The van der Waals surface area contributed by atoms with E-state index in [1.165, 1.54) is 29.5 Å². The molecule has 0 aliphatic carbocycles. The van der Waals surface area contributed by atoms with Crippen LogP contribution >= 0.6 is 0 Å². The molecule has 9 nitrogen and oxygen atoms in total. The molecule has 0 saturated carbocycles. The molecule has 0 unspecified atom stereocenters. The minimum absolute atomic E-state index is 0.170. The van der Waals surface area contributed by atoms with Gasteiger partial charge in [0.2, 0.25) is 21.8 Å². The SMILES string of the molecule is COc1cc(NC(=O)CN2C(=O)C(C)(C)c3cc(S(=O)(=O)N4CCCC4)ccc32)cc(OC)c1. The van der Waals surface area contributed by atoms with Gasteiger partial charge in [0.1, 0.15) is 18.0 Å². The average molecular weight is 488 g/mol. The monoisotopic (exact) mass is 487 g/mol. The summed E-state index contributed by atoms with van der Waals surface area (Å²) in [5.41, 5.74) is 0.632. The molecule has 10 heteroatoms. The maximum atomic E-state index is 13.2. The first-order chi connectivity index (χ1) is 16.1. The molecule has 0 bridgehead atoms. The number of hydrogen-bond donors (Lipinski definition) is 1. The van der Waals surface area contributed by atoms with Crippen LogP contribution < -0.4 is 19.7 Å². The zero-order valence-electron chi connectivity index (χ0n) is 19.8. The second kappa shape index (κ2) is 8.92. The van der Waals surface area contributed by atoms with Gasteiger partial charge in [-0.25, -0.2) is 8.42 Å². The van der Waals surface area contributed by atoms with E-state index in [0.29, 0.717) is 41.5 Å². The molecule has 0 spiro atoms. The third-order valence-corrected chi connectivity index (χ3v) is 8.25. The summed E-state index contributed by atoms with van der Waals surface area (Å²) < 4.78 is 38.0. The fraction of sp³-hybridized carbons (Fsp3) is 0.417. The lowest BCUT2D eigenvalue weighted by Crippen LogP contribution is -2.40. The third kappa shape index (κ3) is 4.23. The summed E-state index contributed by atoms with van der Waals surface area (Å²) in [4.78, 5) is 27.6. The number of carbonyl (C=O) groups excluding carboxylic acids is 2. The molecule has 1 N–H and O–H groups in total. The van der Waals surface area contributed by atoms with Crippen molar-refractivity contribution in [2.45, 2.75) is 37.0 Å².